The van der Waals surface area contributed by atoms with Crippen molar-refractivity contribution in [3.05, 3.63) is 59.7 Å². The molecule has 0 spiro atoms. The van der Waals surface area contributed by atoms with Gasteiger partial charge in [0.05, 0.1) is 6.10 Å². The first-order valence-electron chi connectivity index (χ1n) is 9.31. The van der Waals surface area contributed by atoms with Crippen molar-refractivity contribution in [1.29, 1.82) is 0 Å². The SMILES string of the molecule is CCc1ccc(C(=O)Nc2ccc(NC(=O)NCC3CCCO3)cc2)cc1. The van der Waals surface area contributed by atoms with Crippen molar-refractivity contribution in [2.45, 2.75) is 32.3 Å². The van der Waals surface area contributed by atoms with Gasteiger partial charge in [-0.1, -0.05) is 19.1 Å². The standard InChI is InChI=1S/C21H25N3O3/c1-2-15-5-7-16(8-6-15)20(25)23-17-9-11-18(12-10-17)24-21(26)22-14-19-4-3-13-27-19/h5-12,19H,2-4,13-14H2,1H3,(H,23,25)(H2,22,24,26). The maximum absolute atomic E-state index is 12.3. The number of hydrogen-bond acceptors (Lipinski definition) is 3. The highest BCUT2D eigenvalue weighted by Gasteiger charge is 2.16. The fourth-order valence-corrected chi connectivity index (χ4v) is 2.92. The number of carbonyl (C=O) groups is 2. The molecule has 0 aromatic heterocycles. The summed E-state index contributed by atoms with van der Waals surface area (Å²) in [5, 5.41) is 8.43. The van der Waals surface area contributed by atoms with Crippen LogP contribution in [-0.4, -0.2) is 31.2 Å². The highest BCUT2D eigenvalue weighted by Crippen LogP contribution is 2.15. The zero-order valence-corrected chi connectivity index (χ0v) is 15.5. The summed E-state index contributed by atoms with van der Waals surface area (Å²) >= 11 is 0. The van der Waals surface area contributed by atoms with Gasteiger partial charge < -0.3 is 20.7 Å². The van der Waals surface area contributed by atoms with Crippen LogP contribution in [0.5, 0.6) is 0 Å². The molecule has 27 heavy (non-hydrogen) atoms. The van der Waals surface area contributed by atoms with Crippen molar-refractivity contribution < 1.29 is 14.3 Å². The number of nitrogens with one attached hydrogen (secondary N) is 3. The molecule has 1 unspecified atom stereocenters. The second kappa shape index (κ2) is 9.19. The van der Waals surface area contributed by atoms with Gasteiger partial charge in [0.1, 0.15) is 0 Å². The van der Waals surface area contributed by atoms with E-state index >= 15 is 0 Å². The number of aryl methyl sites for hydroxylation is 1. The molecule has 3 N–H and O–H groups in total. The monoisotopic (exact) mass is 367 g/mol. The average Bonchev–Trinajstić information content (AvgIpc) is 3.21. The molecule has 1 atom stereocenters. The first-order chi connectivity index (χ1) is 13.1. The number of ether oxygens (including phenoxy) is 1. The molecule has 0 saturated carbocycles. The summed E-state index contributed by atoms with van der Waals surface area (Å²) in [6.07, 6.45) is 3.08. The third-order valence-electron chi connectivity index (χ3n) is 4.54. The fraction of sp³-hybridized carbons (Fsp3) is 0.333. The van der Waals surface area contributed by atoms with Gasteiger partial charge in [-0.05, 0) is 61.2 Å². The summed E-state index contributed by atoms with van der Waals surface area (Å²) in [4.78, 5) is 24.2. The minimum Gasteiger partial charge on any atom is -0.376 e. The molecule has 6 nitrogen and oxygen atoms in total. The zero-order chi connectivity index (χ0) is 19.1. The van der Waals surface area contributed by atoms with Crippen LogP contribution in [0.15, 0.2) is 48.5 Å². The molecule has 0 radical (unpaired) electrons. The van der Waals surface area contributed by atoms with E-state index in [2.05, 4.69) is 22.9 Å². The number of benzene rings is 2. The van der Waals surface area contributed by atoms with Gasteiger partial charge in [-0.15, -0.1) is 0 Å². The Morgan fingerprint density at radius 1 is 1.00 bits per heavy atom. The Morgan fingerprint density at radius 2 is 1.67 bits per heavy atom. The number of hydrogen-bond donors (Lipinski definition) is 3. The molecule has 2 aromatic carbocycles. The number of anilines is 2. The van der Waals surface area contributed by atoms with E-state index < -0.39 is 0 Å². The van der Waals surface area contributed by atoms with E-state index in [1.54, 1.807) is 24.3 Å². The summed E-state index contributed by atoms with van der Waals surface area (Å²) < 4.78 is 5.47. The van der Waals surface area contributed by atoms with E-state index in [1.165, 1.54) is 5.56 Å². The molecule has 3 rings (SSSR count). The topological polar surface area (TPSA) is 79.5 Å². The number of carbonyl (C=O) groups excluding carboxylic acids is 2. The molecular weight excluding hydrogens is 342 g/mol. The first kappa shape index (κ1) is 18.9. The highest BCUT2D eigenvalue weighted by atomic mass is 16.5. The molecule has 1 saturated heterocycles. The molecule has 1 aliphatic heterocycles. The quantitative estimate of drug-likeness (QED) is 0.726. The van der Waals surface area contributed by atoms with Crippen LogP contribution in [-0.2, 0) is 11.2 Å². The third-order valence-corrected chi connectivity index (χ3v) is 4.54. The van der Waals surface area contributed by atoms with Crippen molar-refractivity contribution in [1.82, 2.24) is 5.32 Å². The Balaban J connectivity index is 1.48. The van der Waals surface area contributed by atoms with Crippen LogP contribution in [0.2, 0.25) is 0 Å². The van der Waals surface area contributed by atoms with Gasteiger partial charge in [0, 0.05) is 30.1 Å². The Hall–Kier alpha value is -2.86. The Kier molecular flexibility index (Phi) is 6.44. The minimum absolute atomic E-state index is 0.111. The lowest BCUT2D eigenvalue weighted by Crippen LogP contribution is -2.35. The number of urea groups is 1. The second-order valence-corrected chi connectivity index (χ2v) is 6.55. The third kappa shape index (κ3) is 5.56. The first-order valence-corrected chi connectivity index (χ1v) is 9.31. The van der Waals surface area contributed by atoms with Crippen molar-refractivity contribution in [2.24, 2.45) is 0 Å². The van der Waals surface area contributed by atoms with E-state index in [4.69, 9.17) is 4.74 Å². The normalized spacial score (nSPS) is 16.0. The maximum Gasteiger partial charge on any atom is 0.319 e. The molecular formula is C21H25N3O3. The van der Waals surface area contributed by atoms with Crippen molar-refractivity contribution >= 4 is 23.3 Å². The van der Waals surface area contributed by atoms with Crippen molar-refractivity contribution in [2.75, 3.05) is 23.8 Å². The Morgan fingerprint density at radius 3 is 2.26 bits per heavy atom. The summed E-state index contributed by atoms with van der Waals surface area (Å²) in [6.45, 7) is 3.36. The van der Waals surface area contributed by atoms with Gasteiger partial charge in [0.2, 0.25) is 0 Å². The highest BCUT2D eigenvalue weighted by molar-refractivity contribution is 6.04. The van der Waals surface area contributed by atoms with Crippen molar-refractivity contribution in [3.8, 4) is 0 Å². The predicted octanol–water partition coefficient (Wildman–Crippen LogP) is 3.80. The molecule has 6 heteroatoms. The van der Waals surface area contributed by atoms with Crippen LogP contribution in [0.1, 0.15) is 35.7 Å². The molecule has 0 aliphatic carbocycles. The van der Waals surface area contributed by atoms with Crippen LogP contribution >= 0.6 is 0 Å². The van der Waals surface area contributed by atoms with E-state index in [0.29, 0.717) is 23.5 Å². The van der Waals surface area contributed by atoms with Crippen LogP contribution in [0.25, 0.3) is 0 Å². The largest absolute Gasteiger partial charge is 0.376 e. The average molecular weight is 367 g/mol. The van der Waals surface area contributed by atoms with E-state index in [9.17, 15) is 9.59 Å². The van der Waals surface area contributed by atoms with E-state index in [1.807, 2.05) is 24.3 Å². The minimum atomic E-state index is -0.265. The number of rotatable bonds is 6. The molecule has 142 valence electrons. The summed E-state index contributed by atoms with van der Waals surface area (Å²) in [7, 11) is 0. The number of amides is 3. The Labute approximate surface area is 159 Å². The summed E-state index contributed by atoms with van der Waals surface area (Å²) in [6, 6.07) is 14.3. The molecule has 0 bridgehead atoms. The fourth-order valence-electron chi connectivity index (χ4n) is 2.92. The molecule has 3 amide bonds. The van der Waals surface area contributed by atoms with Crippen LogP contribution in [0, 0.1) is 0 Å². The summed E-state index contributed by atoms with van der Waals surface area (Å²) in [5.74, 6) is -0.160. The van der Waals surface area contributed by atoms with Crippen molar-refractivity contribution in [3.63, 3.8) is 0 Å². The Bertz CT molecular complexity index is 766. The van der Waals surface area contributed by atoms with Crippen LogP contribution in [0.3, 0.4) is 0 Å². The van der Waals surface area contributed by atoms with Gasteiger partial charge in [0.25, 0.3) is 5.91 Å². The smallest absolute Gasteiger partial charge is 0.319 e. The van der Waals surface area contributed by atoms with E-state index in [-0.39, 0.29) is 18.0 Å². The lowest BCUT2D eigenvalue weighted by Gasteiger charge is -2.12. The summed E-state index contributed by atoms with van der Waals surface area (Å²) in [5.41, 5.74) is 3.14. The van der Waals surface area contributed by atoms with Gasteiger partial charge in [-0.2, -0.15) is 0 Å². The molecule has 1 aliphatic rings. The van der Waals surface area contributed by atoms with Gasteiger partial charge in [-0.25, -0.2) is 4.79 Å². The van der Waals surface area contributed by atoms with Gasteiger partial charge >= 0.3 is 6.03 Å². The second-order valence-electron chi connectivity index (χ2n) is 6.55. The van der Waals surface area contributed by atoms with E-state index in [0.717, 1.165) is 25.9 Å². The maximum atomic E-state index is 12.3. The molecule has 1 fully saturated rings. The lowest BCUT2D eigenvalue weighted by molar-refractivity contribution is 0.102. The lowest BCUT2D eigenvalue weighted by atomic mass is 10.1. The van der Waals surface area contributed by atoms with Crippen LogP contribution in [0.4, 0.5) is 16.2 Å². The molecule has 2 aromatic rings. The predicted molar refractivity (Wildman–Crippen MR) is 106 cm³/mol. The molecule has 1 heterocycles. The van der Waals surface area contributed by atoms with Gasteiger partial charge in [0.15, 0.2) is 0 Å². The van der Waals surface area contributed by atoms with Gasteiger partial charge in [-0.3, -0.25) is 4.79 Å². The zero-order valence-electron chi connectivity index (χ0n) is 15.5. The van der Waals surface area contributed by atoms with Crippen LogP contribution < -0.4 is 16.0 Å².